The number of nitrogens with one attached hydrogen (secondary N) is 1. The molecule has 0 unspecified atom stereocenters. The zero-order valence-corrected chi connectivity index (χ0v) is 20.6. The molecule has 5 nitrogen and oxygen atoms in total. The maximum atomic E-state index is 11.0. The quantitative estimate of drug-likeness (QED) is 0.398. The number of aromatic nitrogens is 2. The van der Waals surface area contributed by atoms with Gasteiger partial charge in [-0.15, -0.1) is 0 Å². The van der Waals surface area contributed by atoms with Crippen molar-refractivity contribution in [1.29, 1.82) is 0 Å². The van der Waals surface area contributed by atoms with Crippen molar-refractivity contribution in [3.63, 3.8) is 0 Å². The maximum Gasteiger partial charge on any atom is 0.303 e. The lowest BCUT2D eigenvalue weighted by Crippen LogP contribution is -2.29. The summed E-state index contributed by atoms with van der Waals surface area (Å²) in [5, 5.41) is 12.7. The van der Waals surface area contributed by atoms with Crippen LogP contribution in [-0.2, 0) is 11.2 Å². The smallest absolute Gasteiger partial charge is 0.303 e. The van der Waals surface area contributed by atoms with E-state index in [9.17, 15) is 4.79 Å². The highest BCUT2D eigenvalue weighted by Gasteiger charge is 2.34. The number of aryl methyl sites for hydroxylation is 1. The first-order valence-corrected chi connectivity index (χ1v) is 12.2. The summed E-state index contributed by atoms with van der Waals surface area (Å²) in [4.78, 5) is 16.0. The average Bonchev–Trinajstić information content (AvgIpc) is 3.08. The summed E-state index contributed by atoms with van der Waals surface area (Å²) in [5.41, 5.74) is 5.70. The zero-order valence-electron chi connectivity index (χ0n) is 20.6. The fraction of sp³-hybridized carbons (Fsp3) is 0.500. The SMILES string of the molecule is CC(C)c1ccc(Nc2nc3cc(CCC(=O)O)ccc3n2[C@H]2C[C@@H](C)CC(C)(C)C2)cc1. The third-order valence-electron chi connectivity index (χ3n) is 6.94. The van der Waals surface area contributed by atoms with E-state index in [0.717, 1.165) is 41.1 Å². The molecular formula is C28H37N3O2. The highest BCUT2D eigenvalue weighted by atomic mass is 16.4. The van der Waals surface area contributed by atoms with Crippen LogP contribution >= 0.6 is 0 Å². The van der Waals surface area contributed by atoms with Crippen molar-refractivity contribution in [2.24, 2.45) is 11.3 Å². The van der Waals surface area contributed by atoms with Gasteiger partial charge >= 0.3 is 5.97 Å². The van der Waals surface area contributed by atoms with Crippen LogP contribution in [0, 0.1) is 11.3 Å². The number of nitrogens with zero attached hydrogens (tertiary/aromatic N) is 2. The molecule has 0 saturated heterocycles. The molecule has 1 fully saturated rings. The van der Waals surface area contributed by atoms with Gasteiger partial charge in [0, 0.05) is 18.2 Å². The van der Waals surface area contributed by atoms with Crippen LogP contribution in [0.2, 0.25) is 0 Å². The molecule has 2 aromatic carbocycles. The number of rotatable bonds is 7. The van der Waals surface area contributed by atoms with Crippen LogP contribution in [0.1, 0.15) is 83.4 Å². The van der Waals surface area contributed by atoms with Crippen molar-refractivity contribution >= 4 is 28.6 Å². The van der Waals surface area contributed by atoms with Gasteiger partial charge in [0.05, 0.1) is 11.0 Å². The summed E-state index contributed by atoms with van der Waals surface area (Å²) < 4.78 is 2.39. The number of imidazole rings is 1. The Bertz CT molecular complexity index is 1130. The number of fused-ring (bicyclic) bond motifs is 1. The molecule has 2 atom stereocenters. The normalized spacial score (nSPS) is 20.3. The van der Waals surface area contributed by atoms with E-state index in [4.69, 9.17) is 10.1 Å². The van der Waals surface area contributed by atoms with Gasteiger partial charge in [0.2, 0.25) is 5.95 Å². The van der Waals surface area contributed by atoms with Gasteiger partial charge in [-0.2, -0.15) is 0 Å². The van der Waals surface area contributed by atoms with Crippen LogP contribution in [0.15, 0.2) is 42.5 Å². The van der Waals surface area contributed by atoms with Gasteiger partial charge in [-0.05, 0) is 78.3 Å². The number of carbonyl (C=O) groups is 1. The van der Waals surface area contributed by atoms with Crippen molar-refractivity contribution in [3.8, 4) is 0 Å². The summed E-state index contributed by atoms with van der Waals surface area (Å²) in [5.74, 6) is 1.25. The molecule has 0 radical (unpaired) electrons. The predicted octanol–water partition coefficient (Wildman–Crippen LogP) is 7.31. The van der Waals surface area contributed by atoms with Crippen LogP contribution in [-0.4, -0.2) is 20.6 Å². The predicted molar refractivity (Wildman–Crippen MR) is 135 cm³/mol. The Labute approximate surface area is 197 Å². The topological polar surface area (TPSA) is 67.2 Å². The van der Waals surface area contributed by atoms with E-state index in [1.54, 1.807) is 0 Å². The first kappa shape index (κ1) is 23.3. The molecule has 0 aliphatic heterocycles. The minimum Gasteiger partial charge on any atom is -0.481 e. The number of hydrogen-bond acceptors (Lipinski definition) is 3. The van der Waals surface area contributed by atoms with E-state index in [2.05, 4.69) is 87.0 Å². The van der Waals surface area contributed by atoms with Crippen LogP contribution in [0.3, 0.4) is 0 Å². The van der Waals surface area contributed by atoms with Gasteiger partial charge in [0.1, 0.15) is 0 Å². The minimum absolute atomic E-state index is 0.133. The van der Waals surface area contributed by atoms with Crippen molar-refractivity contribution in [1.82, 2.24) is 9.55 Å². The van der Waals surface area contributed by atoms with Crippen molar-refractivity contribution in [2.45, 2.75) is 78.7 Å². The lowest BCUT2D eigenvalue weighted by Gasteiger charge is -2.40. The molecule has 5 heteroatoms. The van der Waals surface area contributed by atoms with Crippen LogP contribution in [0.5, 0.6) is 0 Å². The summed E-state index contributed by atoms with van der Waals surface area (Å²) in [7, 11) is 0. The highest BCUT2D eigenvalue weighted by molar-refractivity contribution is 5.81. The number of anilines is 2. The molecular weight excluding hydrogens is 410 g/mol. The third kappa shape index (κ3) is 5.40. The van der Waals surface area contributed by atoms with Crippen LogP contribution in [0.25, 0.3) is 11.0 Å². The summed E-state index contributed by atoms with van der Waals surface area (Å²) in [6, 6.07) is 15.2. The molecule has 33 heavy (non-hydrogen) atoms. The second-order valence-electron chi connectivity index (χ2n) is 11.0. The number of benzene rings is 2. The fourth-order valence-electron chi connectivity index (χ4n) is 5.58. The molecule has 176 valence electrons. The maximum absolute atomic E-state index is 11.0. The minimum atomic E-state index is -0.772. The molecule has 1 saturated carbocycles. The Morgan fingerprint density at radius 3 is 2.55 bits per heavy atom. The van der Waals surface area contributed by atoms with Crippen molar-refractivity contribution in [3.05, 3.63) is 53.6 Å². The Kier molecular flexibility index (Phi) is 6.51. The molecule has 1 heterocycles. The van der Waals surface area contributed by atoms with Gasteiger partial charge in [0.25, 0.3) is 0 Å². The molecule has 0 spiro atoms. The number of carboxylic acids is 1. The Balaban J connectivity index is 1.74. The second-order valence-corrected chi connectivity index (χ2v) is 11.0. The number of hydrogen-bond donors (Lipinski definition) is 2. The van der Waals surface area contributed by atoms with Crippen LogP contribution < -0.4 is 5.32 Å². The largest absolute Gasteiger partial charge is 0.481 e. The molecule has 2 N–H and O–H groups in total. The molecule has 1 aliphatic carbocycles. The number of carboxylic acid groups (broad SMARTS) is 1. The van der Waals surface area contributed by atoms with Crippen LogP contribution in [0.4, 0.5) is 11.6 Å². The van der Waals surface area contributed by atoms with Gasteiger partial charge in [-0.3, -0.25) is 4.79 Å². The molecule has 0 amide bonds. The molecule has 0 bridgehead atoms. The van der Waals surface area contributed by atoms with Gasteiger partial charge in [-0.1, -0.05) is 52.8 Å². The second kappa shape index (κ2) is 9.20. The van der Waals surface area contributed by atoms with E-state index in [-0.39, 0.29) is 11.8 Å². The molecule has 1 aliphatic rings. The Morgan fingerprint density at radius 1 is 1.18 bits per heavy atom. The first-order chi connectivity index (χ1) is 15.6. The van der Waals surface area contributed by atoms with E-state index >= 15 is 0 Å². The summed E-state index contributed by atoms with van der Waals surface area (Å²) in [6.45, 7) is 11.5. The van der Waals surface area contributed by atoms with E-state index in [1.165, 1.54) is 12.0 Å². The molecule has 3 aromatic rings. The van der Waals surface area contributed by atoms with Gasteiger partial charge < -0.3 is 15.0 Å². The van der Waals surface area contributed by atoms with E-state index in [0.29, 0.717) is 24.3 Å². The Morgan fingerprint density at radius 2 is 1.91 bits per heavy atom. The van der Waals surface area contributed by atoms with E-state index in [1.807, 2.05) is 0 Å². The standard InChI is InChI=1S/C28H37N3O2/c1-18(2)21-8-10-22(11-9-21)29-27-30-24-15-20(7-13-26(32)33)6-12-25(24)31(27)23-14-19(3)16-28(4,5)17-23/h6,8-12,15,18-19,23H,7,13-14,16-17H2,1-5H3,(H,29,30)(H,32,33)/t19-,23+/m1/s1. The van der Waals surface area contributed by atoms with E-state index < -0.39 is 5.97 Å². The Hall–Kier alpha value is -2.82. The number of aliphatic carboxylic acids is 1. The summed E-state index contributed by atoms with van der Waals surface area (Å²) in [6.07, 6.45) is 4.15. The summed E-state index contributed by atoms with van der Waals surface area (Å²) >= 11 is 0. The van der Waals surface area contributed by atoms with Crippen molar-refractivity contribution in [2.75, 3.05) is 5.32 Å². The lowest BCUT2D eigenvalue weighted by atomic mass is 9.70. The first-order valence-electron chi connectivity index (χ1n) is 12.2. The molecule has 4 rings (SSSR count). The highest BCUT2D eigenvalue weighted by Crippen LogP contribution is 2.46. The third-order valence-corrected chi connectivity index (χ3v) is 6.94. The lowest BCUT2D eigenvalue weighted by molar-refractivity contribution is -0.136. The average molecular weight is 448 g/mol. The fourth-order valence-corrected chi connectivity index (χ4v) is 5.58. The van der Waals surface area contributed by atoms with Gasteiger partial charge in [-0.25, -0.2) is 4.98 Å². The van der Waals surface area contributed by atoms with Crippen molar-refractivity contribution < 1.29 is 9.90 Å². The monoisotopic (exact) mass is 447 g/mol. The zero-order chi connectivity index (χ0) is 23.8. The van der Waals surface area contributed by atoms with Gasteiger partial charge in [0.15, 0.2) is 0 Å². The molecule has 1 aromatic heterocycles.